The van der Waals surface area contributed by atoms with E-state index in [-0.39, 0.29) is 0 Å². The summed E-state index contributed by atoms with van der Waals surface area (Å²) in [7, 11) is 0. The van der Waals surface area contributed by atoms with Crippen molar-refractivity contribution in [3.63, 3.8) is 0 Å². The quantitative estimate of drug-likeness (QED) is 0.825. The molecule has 5 heteroatoms. The van der Waals surface area contributed by atoms with Gasteiger partial charge >= 0.3 is 0 Å². The SMILES string of the molecule is CC(C)CN1CCN(c2ncncc2Cl)CC1. The number of aromatic nitrogens is 2. The molecule has 2 rings (SSSR count). The molecule has 0 atom stereocenters. The second kappa shape index (κ2) is 5.65. The molecular weight excluding hydrogens is 236 g/mol. The number of nitrogens with zero attached hydrogens (tertiary/aromatic N) is 4. The van der Waals surface area contributed by atoms with Crippen LogP contribution >= 0.6 is 11.6 Å². The molecule has 1 fully saturated rings. The van der Waals surface area contributed by atoms with E-state index in [1.54, 1.807) is 12.5 Å². The molecule has 0 saturated carbocycles. The fraction of sp³-hybridized carbons (Fsp3) is 0.667. The summed E-state index contributed by atoms with van der Waals surface area (Å²) in [5, 5.41) is 0.643. The molecule has 94 valence electrons. The highest BCUT2D eigenvalue weighted by Gasteiger charge is 2.19. The van der Waals surface area contributed by atoms with Gasteiger partial charge in [-0.05, 0) is 5.92 Å². The average molecular weight is 255 g/mol. The largest absolute Gasteiger partial charge is 0.353 e. The topological polar surface area (TPSA) is 32.3 Å². The van der Waals surface area contributed by atoms with Crippen LogP contribution in [0.3, 0.4) is 0 Å². The van der Waals surface area contributed by atoms with Crippen LogP contribution in [0.5, 0.6) is 0 Å². The molecule has 1 aliphatic rings. The van der Waals surface area contributed by atoms with Gasteiger partial charge in [0, 0.05) is 32.7 Å². The second-order valence-corrected chi connectivity index (χ2v) is 5.28. The Balaban J connectivity index is 1.93. The van der Waals surface area contributed by atoms with Gasteiger partial charge in [-0.1, -0.05) is 25.4 Å². The predicted octanol–water partition coefficient (Wildman–Crippen LogP) is 1.91. The Bertz CT molecular complexity index is 361. The van der Waals surface area contributed by atoms with Gasteiger partial charge in [0.15, 0.2) is 5.82 Å². The number of hydrogen-bond donors (Lipinski definition) is 0. The number of piperazine rings is 1. The van der Waals surface area contributed by atoms with Gasteiger partial charge in [-0.3, -0.25) is 4.90 Å². The minimum absolute atomic E-state index is 0.643. The maximum absolute atomic E-state index is 6.10. The highest BCUT2D eigenvalue weighted by molar-refractivity contribution is 6.32. The Morgan fingerprint density at radius 1 is 1.29 bits per heavy atom. The Hall–Kier alpha value is -0.870. The number of rotatable bonds is 3. The molecular formula is C12H19ClN4. The zero-order chi connectivity index (χ0) is 12.3. The van der Waals surface area contributed by atoms with Crippen molar-refractivity contribution in [2.24, 2.45) is 5.92 Å². The van der Waals surface area contributed by atoms with Crippen LogP contribution in [-0.2, 0) is 0 Å². The minimum Gasteiger partial charge on any atom is -0.353 e. The highest BCUT2D eigenvalue weighted by atomic mass is 35.5. The lowest BCUT2D eigenvalue weighted by atomic mass is 10.2. The van der Waals surface area contributed by atoms with E-state index in [0.717, 1.165) is 37.9 Å². The van der Waals surface area contributed by atoms with E-state index < -0.39 is 0 Å². The summed E-state index contributed by atoms with van der Waals surface area (Å²) in [6.45, 7) is 9.83. The van der Waals surface area contributed by atoms with E-state index in [9.17, 15) is 0 Å². The molecule has 0 N–H and O–H groups in total. The zero-order valence-electron chi connectivity index (χ0n) is 10.4. The normalized spacial score (nSPS) is 17.8. The number of hydrogen-bond acceptors (Lipinski definition) is 4. The molecule has 1 aliphatic heterocycles. The van der Waals surface area contributed by atoms with Crippen LogP contribution in [0, 0.1) is 5.92 Å². The van der Waals surface area contributed by atoms with Crippen molar-refractivity contribution in [2.75, 3.05) is 37.6 Å². The summed E-state index contributed by atoms with van der Waals surface area (Å²) in [6, 6.07) is 0. The first-order valence-electron chi connectivity index (χ1n) is 6.09. The fourth-order valence-corrected chi connectivity index (χ4v) is 2.42. The molecule has 1 aromatic heterocycles. The second-order valence-electron chi connectivity index (χ2n) is 4.88. The predicted molar refractivity (Wildman–Crippen MR) is 70.5 cm³/mol. The van der Waals surface area contributed by atoms with Crippen molar-refractivity contribution >= 4 is 17.4 Å². The molecule has 0 unspecified atom stereocenters. The van der Waals surface area contributed by atoms with Crippen molar-refractivity contribution in [1.29, 1.82) is 0 Å². The lowest BCUT2D eigenvalue weighted by molar-refractivity contribution is 0.231. The molecule has 0 amide bonds. The summed E-state index contributed by atoms with van der Waals surface area (Å²) in [4.78, 5) is 12.9. The van der Waals surface area contributed by atoms with Crippen molar-refractivity contribution in [3.8, 4) is 0 Å². The average Bonchev–Trinajstić information content (AvgIpc) is 2.30. The first-order chi connectivity index (χ1) is 8.16. The molecule has 0 spiro atoms. The van der Waals surface area contributed by atoms with Crippen LogP contribution in [0.25, 0.3) is 0 Å². The molecule has 4 nitrogen and oxygen atoms in total. The van der Waals surface area contributed by atoms with Crippen molar-refractivity contribution in [1.82, 2.24) is 14.9 Å². The number of anilines is 1. The molecule has 0 bridgehead atoms. The van der Waals surface area contributed by atoms with E-state index in [2.05, 4.69) is 33.6 Å². The van der Waals surface area contributed by atoms with Gasteiger partial charge in [0.05, 0.1) is 6.20 Å². The summed E-state index contributed by atoms with van der Waals surface area (Å²) < 4.78 is 0. The van der Waals surface area contributed by atoms with Crippen LogP contribution in [0.15, 0.2) is 12.5 Å². The Kier molecular flexibility index (Phi) is 4.18. The zero-order valence-corrected chi connectivity index (χ0v) is 11.2. The maximum atomic E-state index is 6.10. The lowest BCUT2D eigenvalue weighted by Crippen LogP contribution is -2.47. The Morgan fingerprint density at radius 2 is 2.00 bits per heavy atom. The maximum Gasteiger partial charge on any atom is 0.150 e. The van der Waals surface area contributed by atoms with Crippen molar-refractivity contribution in [2.45, 2.75) is 13.8 Å². The van der Waals surface area contributed by atoms with Crippen LogP contribution in [0.4, 0.5) is 5.82 Å². The monoisotopic (exact) mass is 254 g/mol. The summed E-state index contributed by atoms with van der Waals surface area (Å²) in [6.07, 6.45) is 3.21. The third-order valence-corrected chi connectivity index (χ3v) is 3.21. The summed E-state index contributed by atoms with van der Waals surface area (Å²) in [5.41, 5.74) is 0. The lowest BCUT2D eigenvalue weighted by Gasteiger charge is -2.36. The van der Waals surface area contributed by atoms with E-state index >= 15 is 0 Å². The van der Waals surface area contributed by atoms with Gasteiger partial charge < -0.3 is 4.90 Å². The summed E-state index contributed by atoms with van der Waals surface area (Å²) in [5.74, 6) is 1.59. The smallest absolute Gasteiger partial charge is 0.150 e. The van der Waals surface area contributed by atoms with Gasteiger partial charge in [0.1, 0.15) is 11.3 Å². The molecule has 1 saturated heterocycles. The van der Waals surface area contributed by atoms with E-state index in [1.165, 1.54) is 6.54 Å². The van der Waals surface area contributed by atoms with Crippen molar-refractivity contribution < 1.29 is 0 Å². The highest BCUT2D eigenvalue weighted by Crippen LogP contribution is 2.22. The van der Waals surface area contributed by atoms with Gasteiger partial charge in [0.25, 0.3) is 0 Å². The first-order valence-corrected chi connectivity index (χ1v) is 6.47. The minimum atomic E-state index is 0.643. The van der Waals surface area contributed by atoms with E-state index in [4.69, 9.17) is 11.6 Å². The Labute approximate surface area is 108 Å². The third-order valence-electron chi connectivity index (χ3n) is 2.94. The molecule has 0 radical (unpaired) electrons. The van der Waals surface area contributed by atoms with E-state index in [1.807, 2.05) is 0 Å². The molecule has 0 aromatic carbocycles. The van der Waals surface area contributed by atoms with Crippen LogP contribution in [0.1, 0.15) is 13.8 Å². The summed E-state index contributed by atoms with van der Waals surface area (Å²) >= 11 is 6.10. The Morgan fingerprint density at radius 3 is 2.59 bits per heavy atom. The van der Waals surface area contributed by atoms with Crippen LogP contribution in [-0.4, -0.2) is 47.6 Å². The van der Waals surface area contributed by atoms with Gasteiger partial charge in [0.2, 0.25) is 0 Å². The van der Waals surface area contributed by atoms with Gasteiger partial charge in [-0.15, -0.1) is 0 Å². The number of halogens is 1. The van der Waals surface area contributed by atoms with Crippen LogP contribution < -0.4 is 4.90 Å². The van der Waals surface area contributed by atoms with Gasteiger partial charge in [-0.25, -0.2) is 9.97 Å². The fourth-order valence-electron chi connectivity index (χ4n) is 2.20. The molecule has 17 heavy (non-hydrogen) atoms. The van der Waals surface area contributed by atoms with Crippen molar-refractivity contribution in [3.05, 3.63) is 17.5 Å². The van der Waals surface area contributed by atoms with Crippen LogP contribution in [0.2, 0.25) is 5.02 Å². The van der Waals surface area contributed by atoms with Gasteiger partial charge in [-0.2, -0.15) is 0 Å². The standard InChI is InChI=1S/C12H19ClN4/c1-10(2)8-16-3-5-17(6-4-16)12-11(13)7-14-9-15-12/h7,9-10H,3-6,8H2,1-2H3. The molecule has 1 aromatic rings. The third kappa shape index (κ3) is 3.30. The van der Waals surface area contributed by atoms with E-state index in [0.29, 0.717) is 5.02 Å². The molecule has 2 heterocycles. The first kappa shape index (κ1) is 12.6. The molecule has 0 aliphatic carbocycles.